The Balaban J connectivity index is 1.53. The zero-order valence-corrected chi connectivity index (χ0v) is 15.0. The molecule has 0 atom stereocenters. The second-order valence-electron chi connectivity index (χ2n) is 6.87. The van der Waals surface area contributed by atoms with Crippen molar-refractivity contribution in [3.05, 3.63) is 53.3 Å². The van der Waals surface area contributed by atoms with Crippen molar-refractivity contribution in [3.8, 4) is 0 Å². The number of nitrogens with zero attached hydrogens (tertiary/aromatic N) is 4. The number of anilines is 1. The van der Waals surface area contributed by atoms with Crippen LogP contribution in [0.4, 0.5) is 19.1 Å². The van der Waals surface area contributed by atoms with E-state index in [1.165, 1.54) is 0 Å². The van der Waals surface area contributed by atoms with Crippen LogP contribution < -0.4 is 4.90 Å². The average molecular weight is 364 g/mol. The van der Waals surface area contributed by atoms with Gasteiger partial charge in [0.25, 0.3) is 0 Å². The molecule has 2 aromatic rings. The van der Waals surface area contributed by atoms with Gasteiger partial charge in [-0.05, 0) is 43.0 Å². The number of likely N-dealkylation sites (tertiary alicyclic amines) is 1. The molecule has 0 bridgehead atoms. The molecule has 1 aliphatic rings. The average Bonchev–Trinajstić information content (AvgIpc) is 2.62. The highest BCUT2D eigenvalue weighted by molar-refractivity contribution is 5.30. The van der Waals surface area contributed by atoms with Crippen LogP contribution in [0.1, 0.15) is 29.5 Å². The van der Waals surface area contributed by atoms with Crippen molar-refractivity contribution in [2.75, 3.05) is 25.0 Å². The number of hydrogen-bond donors (Lipinski definition) is 0. The molecule has 0 spiro atoms. The van der Waals surface area contributed by atoms with E-state index in [9.17, 15) is 13.2 Å². The normalized spacial score (nSPS) is 16.7. The van der Waals surface area contributed by atoms with Gasteiger partial charge >= 0.3 is 6.18 Å². The summed E-state index contributed by atoms with van der Waals surface area (Å²) in [5.74, 6) is 0.733. The van der Waals surface area contributed by atoms with Crippen molar-refractivity contribution < 1.29 is 13.2 Å². The van der Waals surface area contributed by atoms with Crippen molar-refractivity contribution >= 4 is 5.95 Å². The van der Waals surface area contributed by atoms with E-state index in [0.29, 0.717) is 12.6 Å². The third-order valence-corrected chi connectivity index (χ3v) is 4.88. The van der Waals surface area contributed by atoms with E-state index in [0.717, 1.165) is 55.1 Å². The molecule has 1 saturated heterocycles. The molecule has 0 aliphatic carbocycles. The molecule has 4 nitrogen and oxygen atoms in total. The summed E-state index contributed by atoms with van der Waals surface area (Å²) in [5, 5.41) is 0. The zero-order valence-electron chi connectivity index (χ0n) is 15.0. The molecule has 7 heteroatoms. The summed E-state index contributed by atoms with van der Waals surface area (Å²) in [6.07, 6.45) is 1.32. The smallest absolute Gasteiger partial charge is 0.341 e. The first-order chi connectivity index (χ1) is 12.3. The Morgan fingerprint density at radius 3 is 2.19 bits per heavy atom. The van der Waals surface area contributed by atoms with Gasteiger partial charge in [0.05, 0.1) is 5.56 Å². The number of benzene rings is 1. The predicted molar refractivity (Wildman–Crippen MR) is 94.9 cm³/mol. The summed E-state index contributed by atoms with van der Waals surface area (Å²) >= 11 is 0. The number of rotatable bonds is 4. The summed E-state index contributed by atoms with van der Waals surface area (Å²) in [4.78, 5) is 13.2. The van der Waals surface area contributed by atoms with Crippen molar-refractivity contribution in [2.24, 2.45) is 0 Å². The number of halogens is 3. The highest BCUT2D eigenvalue weighted by atomic mass is 19.4. The van der Waals surface area contributed by atoms with E-state index < -0.39 is 11.7 Å². The van der Waals surface area contributed by atoms with Gasteiger partial charge in [-0.3, -0.25) is 4.90 Å². The number of alkyl halides is 3. The molecule has 1 aromatic carbocycles. The van der Waals surface area contributed by atoms with E-state index in [2.05, 4.69) is 19.8 Å². The summed E-state index contributed by atoms with van der Waals surface area (Å²) < 4.78 is 37.9. The van der Waals surface area contributed by atoms with Crippen LogP contribution in [0.25, 0.3) is 0 Å². The summed E-state index contributed by atoms with van der Waals surface area (Å²) in [6, 6.07) is 5.83. The van der Waals surface area contributed by atoms with Gasteiger partial charge in [0, 0.05) is 45.1 Å². The highest BCUT2D eigenvalue weighted by Gasteiger charge is 2.30. The molecular weight excluding hydrogens is 341 g/mol. The lowest BCUT2D eigenvalue weighted by atomic mass is 10.0. The van der Waals surface area contributed by atoms with Crippen molar-refractivity contribution in [3.63, 3.8) is 0 Å². The predicted octanol–water partition coefficient (Wildman–Crippen LogP) is 3.90. The van der Waals surface area contributed by atoms with E-state index in [1.807, 2.05) is 26.4 Å². The SMILES string of the molecule is Cc1cnc(N(C)C2CCN(Cc3ccc(C(F)(F)F)cc3)CC2)nc1. The zero-order chi connectivity index (χ0) is 18.7. The second kappa shape index (κ2) is 7.61. The van der Waals surface area contributed by atoms with Gasteiger partial charge in [0.2, 0.25) is 5.95 Å². The molecule has 140 valence electrons. The van der Waals surface area contributed by atoms with E-state index in [-0.39, 0.29) is 0 Å². The summed E-state index contributed by atoms with van der Waals surface area (Å²) in [6.45, 7) is 4.45. The Kier molecular flexibility index (Phi) is 5.46. The second-order valence-corrected chi connectivity index (χ2v) is 6.87. The van der Waals surface area contributed by atoms with Crippen molar-refractivity contribution in [1.29, 1.82) is 0 Å². The largest absolute Gasteiger partial charge is 0.416 e. The van der Waals surface area contributed by atoms with Crippen LogP contribution in [0.15, 0.2) is 36.7 Å². The van der Waals surface area contributed by atoms with Crippen LogP contribution in [0.3, 0.4) is 0 Å². The minimum absolute atomic E-state index is 0.376. The Morgan fingerprint density at radius 2 is 1.65 bits per heavy atom. The summed E-state index contributed by atoms with van der Waals surface area (Å²) in [7, 11) is 2.01. The van der Waals surface area contributed by atoms with Crippen molar-refractivity contribution in [2.45, 2.75) is 38.5 Å². The number of hydrogen-bond acceptors (Lipinski definition) is 4. The molecular formula is C19H23F3N4. The van der Waals surface area contributed by atoms with Gasteiger partial charge in [0.15, 0.2) is 0 Å². The van der Waals surface area contributed by atoms with Gasteiger partial charge in [-0.2, -0.15) is 13.2 Å². The lowest BCUT2D eigenvalue weighted by Crippen LogP contribution is -2.43. The molecule has 0 amide bonds. The van der Waals surface area contributed by atoms with Crippen LogP contribution >= 0.6 is 0 Å². The molecule has 1 fully saturated rings. The third kappa shape index (κ3) is 4.52. The summed E-state index contributed by atoms with van der Waals surface area (Å²) in [5.41, 5.74) is 1.35. The molecule has 1 aliphatic heterocycles. The Morgan fingerprint density at radius 1 is 1.08 bits per heavy atom. The lowest BCUT2D eigenvalue weighted by molar-refractivity contribution is -0.137. The van der Waals surface area contributed by atoms with Crippen molar-refractivity contribution in [1.82, 2.24) is 14.9 Å². The molecule has 0 unspecified atom stereocenters. The minimum Gasteiger partial charge on any atom is -0.341 e. The molecule has 26 heavy (non-hydrogen) atoms. The quantitative estimate of drug-likeness (QED) is 0.824. The van der Waals surface area contributed by atoms with Gasteiger partial charge < -0.3 is 4.90 Å². The molecule has 2 heterocycles. The molecule has 3 rings (SSSR count). The van der Waals surface area contributed by atoms with Crippen LogP contribution in [-0.2, 0) is 12.7 Å². The van der Waals surface area contributed by atoms with Crippen LogP contribution in [0, 0.1) is 6.92 Å². The van der Waals surface area contributed by atoms with Gasteiger partial charge in [-0.15, -0.1) is 0 Å². The Labute approximate surface area is 151 Å². The topological polar surface area (TPSA) is 32.3 Å². The monoisotopic (exact) mass is 364 g/mol. The fourth-order valence-corrected chi connectivity index (χ4v) is 3.25. The molecule has 1 aromatic heterocycles. The van der Waals surface area contributed by atoms with E-state index in [4.69, 9.17) is 0 Å². The minimum atomic E-state index is -4.28. The molecule has 0 saturated carbocycles. The Bertz CT molecular complexity index is 705. The van der Waals surface area contributed by atoms with Crippen LogP contribution in [0.2, 0.25) is 0 Å². The fraction of sp³-hybridized carbons (Fsp3) is 0.474. The number of piperidine rings is 1. The first-order valence-corrected chi connectivity index (χ1v) is 8.73. The number of aryl methyl sites for hydroxylation is 1. The van der Waals surface area contributed by atoms with Gasteiger partial charge in [-0.25, -0.2) is 9.97 Å². The maximum atomic E-state index is 12.6. The van der Waals surface area contributed by atoms with Gasteiger partial charge in [0.1, 0.15) is 0 Å². The fourth-order valence-electron chi connectivity index (χ4n) is 3.25. The molecule has 0 N–H and O–H groups in total. The maximum absolute atomic E-state index is 12.6. The van der Waals surface area contributed by atoms with E-state index >= 15 is 0 Å². The van der Waals surface area contributed by atoms with Crippen LogP contribution in [0.5, 0.6) is 0 Å². The lowest BCUT2D eigenvalue weighted by Gasteiger charge is -2.36. The molecule has 0 radical (unpaired) electrons. The van der Waals surface area contributed by atoms with Gasteiger partial charge in [-0.1, -0.05) is 12.1 Å². The first-order valence-electron chi connectivity index (χ1n) is 8.73. The first kappa shape index (κ1) is 18.6. The third-order valence-electron chi connectivity index (χ3n) is 4.88. The maximum Gasteiger partial charge on any atom is 0.416 e. The Hall–Kier alpha value is -2.15. The van der Waals surface area contributed by atoms with Crippen LogP contribution in [-0.4, -0.2) is 41.0 Å². The number of aromatic nitrogens is 2. The van der Waals surface area contributed by atoms with E-state index in [1.54, 1.807) is 12.1 Å². The highest BCUT2D eigenvalue weighted by Crippen LogP contribution is 2.29. The standard InChI is InChI=1S/C19H23F3N4/c1-14-11-23-18(24-12-14)25(2)17-7-9-26(10-8-17)13-15-3-5-16(6-4-15)19(20,21)22/h3-6,11-12,17H,7-10,13H2,1-2H3.